The van der Waals surface area contributed by atoms with Crippen molar-refractivity contribution in [3.05, 3.63) is 29.3 Å². The van der Waals surface area contributed by atoms with E-state index in [4.69, 9.17) is 4.74 Å². The molecule has 2 aliphatic rings. The minimum atomic E-state index is -3.29. The summed E-state index contributed by atoms with van der Waals surface area (Å²) in [5, 5.41) is 0. The molecule has 2 heterocycles. The Hall–Kier alpha value is -2.09. The summed E-state index contributed by atoms with van der Waals surface area (Å²) in [6, 6.07) is 5.15. The lowest BCUT2D eigenvalue weighted by Gasteiger charge is -2.32. The third kappa shape index (κ3) is 4.32. The number of rotatable bonds is 4. The highest BCUT2D eigenvalue weighted by Gasteiger charge is 2.31. The molecule has 0 bridgehead atoms. The van der Waals surface area contributed by atoms with Crippen molar-refractivity contribution in [3.8, 4) is 0 Å². The number of amides is 1. The third-order valence-corrected chi connectivity index (χ3v) is 7.25. The van der Waals surface area contributed by atoms with Crippen LogP contribution in [-0.4, -0.2) is 57.2 Å². The van der Waals surface area contributed by atoms with Crippen LogP contribution in [0.5, 0.6) is 0 Å². The molecule has 8 heteroatoms. The average molecular weight is 409 g/mol. The van der Waals surface area contributed by atoms with E-state index in [-0.39, 0.29) is 23.5 Å². The second-order valence-electron chi connectivity index (χ2n) is 7.44. The van der Waals surface area contributed by atoms with Gasteiger partial charge in [-0.3, -0.25) is 13.9 Å². The number of benzene rings is 1. The highest BCUT2D eigenvalue weighted by atomic mass is 32.2. The van der Waals surface area contributed by atoms with Crippen molar-refractivity contribution < 1.29 is 22.7 Å². The lowest BCUT2D eigenvalue weighted by molar-refractivity contribution is -0.149. The molecule has 3 rings (SSSR count). The lowest BCUT2D eigenvalue weighted by atomic mass is 9.97. The van der Waals surface area contributed by atoms with E-state index in [0.29, 0.717) is 43.9 Å². The molecule has 0 aliphatic carbocycles. The second kappa shape index (κ2) is 8.51. The van der Waals surface area contributed by atoms with Crippen molar-refractivity contribution in [2.24, 2.45) is 5.92 Å². The molecule has 2 aliphatic heterocycles. The number of esters is 1. The molecule has 1 aromatic rings. The van der Waals surface area contributed by atoms with Gasteiger partial charge in [-0.05, 0) is 63.3 Å². The molecule has 2 saturated heterocycles. The lowest BCUT2D eigenvalue weighted by Crippen LogP contribution is -2.43. The van der Waals surface area contributed by atoms with Gasteiger partial charge in [0.25, 0.3) is 5.91 Å². The van der Waals surface area contributed by atoms with E-state index in [1.807, 2.05) is 6.92 Å². The molecule has 28 heavy (non-hydrogen) atoms. The van der Waals surface area contributed by atoms with Crippen LogP contribution >= 0.6 is 0 Å². The van der Waals surface area contributed by atoms with Gasteiger partial charge in [0.1, 0.15) is 0 Å². The van der Waals surface area contributed by atoms with Crippen LogP contribution < -0.4 is 4.31 Å². The molecule has 2 fully saturated rings. The predicted molar refractivity (Wildman–Crippen MR) is 107 cm³/mol. The first-order valence-electron chi connectivity index (χ1n) is 9.90. The van der Waals surface area contributed by atoms with Gasteiger partial charge in [-0.15, -0.1) is 0 Å². The van der Waals surface area contributed by atoms with Gasteiger partial charge in [-0.1, -0.05) is 0 Å². The van der Waals surface area contributed by atoms with Crippen molar-refractivity contribution in [2.75, 3.05) is 36.3 Å². The van der Waals surface area contributed by atoms with Gasteiger partial charge in [0, 0.05) is 25.2 Å². The highest BCUT2D eigenvalue weighted by Crippen LogP contribution is 2.28. The monoisotopic (exact) mass is 408 g/mol. The van der Waals surface area contributed by atoms with Crippen molar-refractivity contribution in [1.82, 2.24) is 4.90 Å². The Balaban J connectivity index is 1.76. The van der Waals surface area contributed by atoms with Crippen LogP contribution in [0.3, 0.4) is 0 Å². The van der Waals surface area contributed by atoms with Crippen molar-refractivity contribution in [2.45, 2.75) is 39.5 Å². The fourth-order valence-electron chi connectivity index (χ4n) is 3.92. The Morgan fingerprint density at radius 2 is 1.96 bits per heavy atom. The number of piperidine rings is 1. The van der Waals surface area contributed by atoms with Crippen LogP contribution in [0.25, 0.3) is 0 Å². The van der Waals surface area contributed by atoms with Crippen molar-refractivity contribution in [3.63, 3.8) is 0 Å². The van der Waals surface area contributed by atoms with Gasteiger partial charge >= 0.3 is 5.97 Å². The molecule has 0 spiro atoms. The van der Waals surface area contributed by atoms with Crippen molar-refractivity contribution in [1.29, 1.82) is 0 Å². The maximum atomic E-state index is 12.9. The van der Waals surface area contributed by atoms with Crippen LogP contribution in [0.15, 0.2) is 18.2 Å². The first kappa shape index (κ1) is 20.6. The summed E-state index contributed by atoms with van der Waals surface area (Å²) >= 11 is 0. The van der Waals surface area contributed by atoms with E-state index in [2.05, 4.69) is 0 Å². The SMILES string of the molecule is CCOC(=O)[C@@H]1CCCN(C(=O)c2ccc(N3CCCCS3(=O)=O)c(C)c2)C1. The van der Waals surface area contributed by atoms with Gasteiger partial charge in [0.15, 0.2) is 0 Å². The van der Waals surface area contributed by atoms with Crippen LogP contribution in [0, 0.1) is 12.8 Å². The number of hydrogen-bond acceptors (Lipinski definition) is 5. The smallest absolute Gasteiger partial charge is 0.310 e. The van der Waals surface area contributed by atoms with Gasteiger partial charge in [-0.25, -0.2) is 8.42 Å². The molecular formula is C20H28N2O5S. The summed E-state index contributed by atoms with van der Waals surface area (Å²) in [5.41, 5.74) is 1.91. The van der Waals surface area contributed by atoms with E-state index in [9.17, 15) is 18.0 Å². The van der Waals surface area contributed by atoms with E-state index in [0.717, 1.165) is 24.8 Å². The molecule has 7 nitrogen and oxygen atoms in total. The summed E-state index contributed by atoms with van der Waals surface area (Å²) < 4.78 is 31.3. The molecule has 0 N–H and O–H groups in total. The number of carbonyl (C=O) groups is 2. The average Bonchev–Trinajstić information content (AvgIpc) is 2.68. The Bertz CT molecular complexity index is 852. The van der Waals surface area contributed by atoms with E-state index < -0.39 is 10.0 Å². The first-order valence-corrected chi connectivity index (χ1v) is 11.5. The molecule has 0 unspecified atom stereocenters. The summed E-state index contributed by atoms with van der Waals surface area (Å²) in [6.07, 6.45) is 3.01. The largest absolute Gasteiger partial charge is 0.466 e. The van der Waals surface area contributed by atoms with Gasteiger partial charge in [0.05, 0.1) is 24.0 Å². The molecule has 1 aromatic carbocycles. The number of hydrogen-bond donors (Lipinski definition) is 0. The molecule has 154 valence electrons. The Labute approximate surface area is 166 Å². The zero-order valence-electron chi connectivity index (χ0n) is 16.5. The molecule has 1 amide bonds. The normalized spacial score (nSPS) is 22.0. The maximum Gasteiger partial charge on any atom is 0.310 e. The number of likely N-dealkylation sites (tertiary alicyclic amines) is 1. The standard InChI is InChI=1S/C20H28N2O5S/c1-3-27-20(24)17-7-6-10-21(14-17)19(23)16-8-9-18(15(2)13-16)22-11-4-5-12-28(22,25)26/h8-9,13,17H,3-7,10-12,14H2,1-2H3/t17-/m1/s1. The Morgan fingerprint density at radius 1 is 1.18 bits per heavy atom. The zero-order chi connectivity index (χ0) is 20.3. The zero-order valence-corrected chi connectivity index (χ0v) is 17.3. The molecule has 1 atom stereocenters. The predicted octanol–water partition coefficient (Wildman–Crippen LogP) is 2.34. The maximum absolute atomic E-state index is 12.9. The molecular weight excluding hydrogens is 380 g/mol. The van der Waals surface area contributed by atoms with Crippen LogP contribution in [-0.2, 0) is 19.6 Å². The Kier molecular flexibility index (Phi) is 6.27. The number of sulfonamides is 1. The van der Waals surface area contributed by atoms with E-state index >= 15 is 0 Å². The summed E-state index contributed by atoms with van der Waals surface area (Å²) in [4.78, 5) is 26.6. The number of carbonyl (C=O) groups excluding carboxylic acids is 2. The van der Waals surface area contributed by atoms with E-state index in [1.54, 1.807) is 30.0 Å². The van der Waals surface area contributed by atoms with Crippen LogP contribution in [0.1, 0.15) is 48.5 Å². The fourth-order valence-corrected chi connectivity index (χ4v) is 5.63. The van der Waals surface area contributed by atoms with Gasteiger partial charge in [0.2, 0.25) is 10.0 Å². The van der Waals surface area contributed by atoms with E-state index in [1.165, 1.54) is 4.31 Å². The third-order valence-electron chi connectivity index (χ3n) is 5.39. The minimum Gasteiger partial charge on any atom is -0.466 e. The van der Waals surface area contributed by atoms with Crippen LogP contribution in [0.4, 0.5) is 5.69 Å². The second-order valence-corrected chi connectivity index (χ2v) is 9.45. The summed E-state index contributed by atoms with van der Waals surface area (Å²) in [7, 11) is -3.29. The summed E-state index contributed by atoms with van der Waals surface area (Å²) in [6.45, 7) is 5.38. The van der Waals surface area contributed by atoms with Crippen LogP contribution in [0.2, 0.25) is 0 Å². The number of nitrogens with zero attached hydrogens (tertiary/aromatic N) is 2. The summed E-state index contributed by atoms with van der Waals surface area (Å²) in [5.74, 6) is -0.501. The molecule has 0 aromatic heterocycles. The van der Waals surface area contributed by atoms with Crippen molar-refractivity contribution >= 4 is 27.6 Å². The molecule has 0 radical (unpaired) electrons. The van der Waals surface area contributed by atoms with Gasteiger partial charge < -0.3 is 9.64 Å². The highest BCUT2D eigenvalue weighted by molar-refractivity contribution is 7.92. The number of aryl methyl sites for hydroxylation is 1. The fraction of sp³-hybridized carbons (Fsp3) is 0.600. The Morgan fingerprint density at radius 3 is 2.64 bits per heavy atom. The number of ether oxygens (including phenoxy) is 1. The first-order chi connectivity index (χ1) is 13.3. The topological polar surface area (TPSA) is 84.0 Å². The quantitative estimate of drug-likeness (QED) is 0.714. The minimum absolute atomic E-state index is 0.134. The molecule has 0 saturated carbocycles. The number of anilines is 1. The van der Waals surface area contributed by atoms with Gasteiger partial charge in [-0.2, -0.15) is 0 Å².